The van der Waals surface area contributed by atoms with Gasteiger partial charge in [-0.2, -0.15) is 0 Å². The number of rotatable bonds is 8. The van der Waals surface area contributed by atoms with E-state index >= 15 is 0 Å². The van der Waals surface area contributed by atoms with E-state index in [1.807, 2.05) is 0 Å². The molecule has 10 heteroatoms. The number of hydrogen-bond donors (Lipinski definition) is 1. The van der Waals surface area contributed by atoms with Crippen LogP contribution in [0.25, 0.3) is 0 Å². The maximum absolute atomic E-state index is 13.0. The number of ketones is 1. The second kappa shape index (κ2) is 10.2. The van der Waals surface area contributed by atoms with Crippen molar-refractivity contribution in [2.75, 3.05) is 13.2 Å². The van der Waals surface area contributed by atoms with Crippen LogP contribution in [0, 0.1) is 11.3 Å². The molecule has 0 aliphatic carbocycles. The number of imide groups is 1. The third-order valence-electron chi connectivity index (χ3n) is 8.73. The molecule has 0 aromatic rings. The first-order valence-corrected chi connectivity index (χ1v) is 19.0. The van der Waals surface area contributed by atoms with Crippen LogP contribution in [0.5, 0.6) is 0 Å². The van der Waals surface area contributed by atoms with Gasteiger partial charge >= 0.3 is 6.03 Å². The zero-order valence-electron chi connectivity index (χ0n) is 24.8. The molecule has 2 rings (SSSR count). The van der Waals surface area contributed by atoms with E-state index in [0.29, 0.717) is 13.0 Å². The molecule has 2 heterocycles. The lowest BCUT2D eigenvalue weighted by atomic mass is 9.78. The molecule has 1 unspecified atom stereocenters. The molecule has 2 saturated heterocycles. The van der Waals surface area contributed by atoms with Crippen molar-refractivity contribution in [2.45, 2.75) is 123 Å². The molecule has 0 saturated carbocycles. The highest BCUT2D eigenvalue weighted by molar-refractivity contribution is 6.74. The first-order valence-electron chi connectivity index (χ1n) is 13.2. The van der Waals surface area contributed by atoms with Gasteiger partial charge < -0.3 is 13.6 Å². The van der Waals surface area contributed by atoms with Gasteiger partial charge in [0.25, 0.3) is 0 Å². The predicted molar refractivity (Wildman–Crippen MR) is 147 cm³/mol. The Balaban J connectivity index is 2.33. The number of urea groups is 1. The largest absolute Gasteiger partial charge is 0.414 e. The Morgan fingerprint density at radius 1 is 1.08 bits per heavy atom. The second-order valence-electron chi connectivity index (χ2n) is 14.1. The van der Waals surface area contributed by atoms with Crippen molar-refractivity contribution >= 4 is 34.4 Å². The molecular formula is C26H50N2O6Si2. The highest BCUT2D eigenvalue weighted by atomic mass is 28.4. The molecule has 8 nitrogen and oxygen atoms in total. The summed E-state index contributed by atoms with van der Waals surface area (Å²) in [6.07, 6.45) is -0.750. The van der Waals surface area contributed by atoms with E-state index in [1.165, 1.54) is 4.90 Å². The van der Waals surface area contributed by atoms with Gasteiger partial charge in [-0.25, -0.2) is 4.79 Å². The van der Waals surface area contributed by atoms with Crippen molar-refractivity contribution in [2.24, 2.45) is 11.3 Å². The first-order chi connectivity index (χ1) is 16.0. The van der Waals surface area contributed by atoms with Crippen molar-refractivity contribution in [3.8, 4) is 0 Å². The maximum Gasteiger partial charge on any atom is 0.326 e. The minimum absolute atomic E-state index is 0.00704. The normalized spacial score (nSPS) is 28.6. The van der Waals surface area contributed by atoms with E-state index in [4.69, 9.17) is 13.6 Å². The van der Waals surface area contributed by atoms with Crippen molar-refractivity contribution in [1.82, 2.24) is 10.2 Å². The van der Waals surface area contributed by atoms with Gasteiger partial charge in [-0.15, -0.1) is 0 Å². The summed E-state index contributed by atoms with van der Waals surface area (Å²) in [7, 11) is -4.18. The second-order valence-corrected chi connectivity index (χ2v) is 23.7. The van der Waals surface area contributed by atoms with Gasteiger partial charge in [0.2, 0.25) is 5.91 Å². The van der Waals surface area contributed by atoms with E-state index in [-0.39, 0.29) is 40.5 Å². The first kappa shape index (κ1) is 31.1. The van der Waals surface area contributed by atoms with E-state index in [0.717, 1.165) is 0 Å². The number of carbonyl (C=O) groups is 3. The Kier molecular flexibility index (Phi) is 8.86. The van der Waals surface area contributed by atoms with E-state index in [1.54, 1.807) is 20.8 Å². The average Bonchev–Trinajstić information content (AvgIpc) is 3.08. The lowest BCUT2D eigenvalue weighted by Crippen LogP contribution is -2.64. The highest BCUT2D eigenvalue weighted by Gasteiger charge is 2.53. The molecule has 3 amide bonds. The summed E-state index contributed by atoms with van der Waals surface area (Å²) >= 11 is 0. The molecule has 0 bridgehead atoms. The fourth-order valence-corrected chi connectivity index (χ4v) is 6.45. The van der Waals surface area contributed by atoms with Crippen LogP contribution in [0.15, 0.2) is 0 Å². The molecule has 2 aliphatic heterocycles. The van der Waals surface area contributed by atoms with Crippen molar-refractivity contribution in [1.29, 1.82) is 0 Å². The SMILES string of the molecule is CC(C)C(=O)C1(C)CN([C@H]2C[C@H](O[Si](C)(C)C(C)(C)C)[C@@H](CO[Si](C)(C)C(C)(C)C)O2)C(=O)NC1=O. The molecule has 2 aliphatic rings. The van der Waals surface area contributed by atoms with E-state index in [9.17, 15) is 14.4 Å². The van der Waals surface area contributed by atoms with Crippen LogP contribution in [0.4, 0.5) is 4.79 Å². The lowest BCUT2D eigenvalue weighted by molar-refractivity contribution is -0.148. The van der Waals surface area contributed by atoms with Crippen molar-refractivity contribution < 1.29 is 28.0 Å². The molecule has 4 atom stereocenters. The summed E-state index contributed by atoms with van der Waals surface area (Å²) in [6, 6.07) is -0.531. The Morgan fingerprint density at radius 2 is 1.61 bits per heavy atom. The van der Waals surface area contributed by atoms with Gasteiger partial charge in [0, 0.05) is 18.9 Å². The van der Waals surface area contributed by atoms with Gasteiger partial charge in [-0.1, -0.05) is 55.4 Å². The number of Topliss-reactive ketones (excluding diaryl/α,β-unsaturated/α-hetero) is 1. The molecule has 0 aromatic heterocycles. The third kappa shape index (κ3) is 6.31. The Labute approximate surface area is 220 Å². The number of hydrogen-bond acceptors (Lipinski definition) is 6. The highest BCUT2D eigenvalue weighted by Crippen LogP contribution is 2.42. The minimum atomic E-state index is -2.14. The molecule has 36 heavy (non-hydrogen) atoms. The van der Waals surface area contributed by atoms with Crippen LogP contribution >= 0.6 is 0 Å². The number of carbonyl (C=O) groups excluding carboxylic acids is 3. The average molecular weight is 543 g/mol. The smallest absolute Gasteiger partial charge is 0.326 e. The predicted octanol–water partition coefficient (Wildman–Crippen LogP) is 5.30. The summed E-state index contributed by atoms with van der Waals surface area (Å²) in [6.45, 7) is 27.5. The number of amides is 3. The van der Waals surface area contributed by atoms with Crippen molar-refractivity contribution in [3.05, 3.63) is 0 Å². The third-order valence-corrected chi connectivity index (χ3v) is 17.7. The van der Waals surface area contributed by atoms with Gasteiger partial charge in [0.1, 0.15) is 17.7 Å². The van der Waals surface area contributed by atoms with Crippen LogP contribution in [-0.2, 0) is 23.2 Å². The van der Waals surface area contributed by atoms with Crippen molar-refractivity contribution in [3.63, 3.8) is 0 Å². The number of ether oxygens (including phenoxy) is 1. The van der Waals surface area contributed by atoms with Crippen LogP contribution in [0.3, 0.4) is 0 Å². The quantitative estimate of drug-likeness (QED) is 0.331. The zero-order valence-corrected chi connectivity index (χ0v) is 26.8. The van der Waals surface area contributed by atoms with E-state index < -0.39 is 40.2 Å². The van der Waals surface area contributed by atoms with Crippen LogP contribution in [-0.4, -0.2) is 70.8 Å². The van der Waals surface area contributed by atoms with Crippen LogP contribution in [0.1, 0.15) is 68.7 Å². The van der Waals surface area contributed by atoms with Crippen LogP contribution in [0.2, 0.25) is 36.3 Å². The zero-order chi connectivity index (χ0) is 28.1. The Bertz CT molecular complexity index is 861. The van der Waals surface area contributed by atoms with Gasteiger partial charge in [-0.05, 0) is 43.2 Å². The summed E-state index contributed by atoms with van der Waals surface area (Å²) in [5, 5.41) is 2.46. The summed E-state index contributed by atoms with van der Waals surface area (Å²) in [5.41, 5.74) is -1.32. The lowest BCUT2D eigenvalue weighted by Gasteiger charge is -2.41. The maximum atomic E-state index is 13.0. The summed E-state index contributed by atoms with van der Waals surface area (Å²) in [5.74, 6) is -1.07. The molecule has 0 radical (unpaired) electrons. The molecule has 2 fully saturated rings. The Morgan fingerprint density at radius 3 is 2.08 bits per heavy atom. The molecule has 0 spiro atoms. The monoisotopic (exact) mass is 542 g/mol. The Hall–Kier alpha value is -1.08. The topological polar surface area (TPSA) is 94.2 Å². The standard InChI is InChI=1S/C26H50N2O6Si2/c1-17(2)21(29)26(9)16-28(23(31)27-22(26)30)20-14-18(34-36(12,13)25(6,7)8)19(33-20)15-32-35(10,11)24(3,4)5/h17-20H,14-16H2,1-13H3,(H,27,30,31)/t18-,19+,20+,26?/m0/s1. The number of nitrogens with one attached hydrogen (secondary N) is 1. The minimum Gasteiger partial charge on any atom is -0.414 e. The molecule has 0 aromatic carbocycles. The molecule has 1 N–H and O–H groups in total. The molecular weight excluding hydrogens is 492 g/mol. The fraction of sp³-hybridized carbons (Fsp3) is 0.885. The summed E-state index contributed by atoms with van der Waals surface area (Å²) < 4.78 is 19.8. The number of nitrogens with zero attached hydrogens (tertiary/aromatic N) is 1. The van der Waals surface area contributed by atoms with Gasteiger partial charge in [0.15, 0.2) is 22.4 Å². The summed E-state index contributed by atoms with van der Waals surface area (Å²) in [4.78, 5) is 40.1. The van der Waals surface area contributed by atoms with Gasteiger partial charge in [-0.3, -0.25) is 19.8 Å². The van der Waals surface area contributed by atoms with E-state index in [2.05, 4.69) is 73.0 Å². The molecule has 208 valence electrons. The fourth-order valence-electron chi connectivity index (χ4n) is 4.08. The van der Waals surface area contributed by atoms with Gasteiger partial charge in [0.05, 0.1) is 12.7 Å². The van der Waals surface area contributed by atoms with Crippen LogP contribution < -0.4 is 5.32 Å².